The molecule has 0 saturated carbocycles. The van der Waals surface area contributed by atoms with Gasteiger partial charge in [-0.25, -0.2) is 8.78 Å². The topological polar surface area (TPSA) is 59.1 Å². The highest BCUT2D eigenvalue weighted by atomic mass is 19.3. The lowest BCUT2D eigenvalue weighted by atomic mass is 10.1. The van der Waals surface area contributed by atoms with Crippen molar-refractivity contribution in [1.29, 1.82) is 0 Å². The fraction of sp³-hybridized carbons (Fsp3) is 0.444. The Hall–Kier alpha value is -1.07. The largest absolute Gasteiger partial charge is 0.390 e. The summed E-state index contributed by atoms with van der Waals surface area (Å²) in [5.41, 5.74) is 6.31. The fourth-order valence-electron chi connectivity index (χ4n) is 1.24. The summed E-state index contributed by atoms with van der Waals surface area (Å²) in [5, 5.41) is 8.83. The lowest BCUT2D eigenvalue weighted by Gasteiger charge is -2.10. The second kappa shape index (κ2) is 4.43. The molecule has 0 amide bonds. The maximum absolute atomic E-state index is 12.5. The SMILES string of the molecule is Cc1nc(CO)c(C(F)F)cc1CN. The van der Waals surface area contributed by atoms with Crippen LogP contribution in [0.1, 0.15) is 28.9 Å². The number of pyridine rings is 1. The van der Waals surface area contributed by atoms with Crippen LogP contribution in [-0.2, 0) is 13.2 Å². The Labute approximate surface area is 80.6 Å². The molecule has 1 heterocycles. The summed E-state index contributed by atoms with van der Waals surface area (Å²) in [7, 11) is 0. The first-order valence-corrected chi connectivity index (χ1v) is 4.18. The zero-order valence-electron chi connectivity index (χ0n) is 7.80. The number of rotatable bonds is 3. The Morgan fingerprint density at radius 2 is 2.21 bits per heavy atom. The molecule has 0 aliphatic carbocycles. The van der Waals surface area contributed by atoms with Crippen LogP contribution >= 0.6 is 0 Å². The highest BCUT2D eigenvalue weighted by Crippen LogP contribution is 2.24. The Balaban J connectivity index is 3.25. The molecule has 0 spiro atoms. The minimum Gasteiger partial charge on any atom is -0.390 e. The molecule has 0 aliphatic rings. The molecule has 14 heavy (non-hydrogen) atoms. The molecule has 0 atom stereocenters. The normalized spacial score (nSPS) is 11.0. The van der Waals surface area contributed by atoms with Gasteiger partial charge in [-0.2, -0.15) is 0 Å². The third-order valence-electron chi connectivity index (χ3n) is 2.04. The second-order valence-electron chi connectivity index (χ2n) is 2.93. The molecule has 0 aliphatic heterocycles. The molecule has 0 fully saturated rings. The highest BCUT2D eigenvalue weighted by molar-refractivity contribution is 5.30. The Kier molecular flexibility index (Phi) is 3.49. The predicted octanol–water partition coefficient (Wildman–Crippen LogP) is 1.28. The van der Waals surface area contributed by atoms with Gasteiger partial charge in [0.2, 0.25) is 0 Å². The summed E-state index contributed by atoms with van der Waals surface area (Å²) in [6.07, 6.45) is -2.63. The van der Waals surface area contributed by atoms with Gasteiger partial charge in [0.15, 0.2) is 0 Å². The molecule has 3 nitrogen and oxygen atoms in total. The van der Waals surface area contributed by atoms with Crippen LogP contribution in [0.2, 0.25) is 0 Å². The zero-order valence-corrected chi connectivity index (χ0v) is 7.80. The van der Waals surface area contributed by atoms with Gasteiger partial charge in [0.05, 0.1) is 12.3 Å². The molecule has 0 saturated heterocycles. The molecule has 1 aromatic rings. The predicted molar refractivity (Wildman–Crippen MR) is 47.7 cm³/mol. The quantitative estimate of drug-likeness (QED) is 0.776. The van der Waals surface area contributed by atoms with Gasteiger partial charge in [0.25, 0.3) is 6.43 Å². The van der Waals surface area contributed by atoms with Crippen LogP contribution in [0, 0.1) is 6.92 Å². The van der Waals surface area contributed by atoms with E-state index in [2.05, 4.69) is 4.98 Å². The van der Waals surface area contributed by atoms with Crippen molar-refractivity contribution in [3.8, 4) is 0 Å². The van der Waals surface area contributed by atoms with Crippen molar-refractivity contribution in [2.45, 2.75) is 26.5 Å². The van der Waals surface area contributed by atoms with Crippen LogP contribution in [0.25, 0.3) is 0 Å². The maximum Gasteiger partial charge on any atom is 0.265 e. The van der Waals surface area contributed by atoms with E-state index in [1.54, 1.807) is 6.92 Å². The average Bonchev–Trinajstić information content (AvgIpc) is 2.16. The van der Waals surface area contributed by atoms with Crippen LogP contribution in [-0.4, -0.2) is 10.1 Å². The summed E-state index contributed by atoms with van der Waals surface area (Å²) in [6, 6.07) is 1.30. The molecule has 5 heteroatoms. The minimum absolute atomic E-state index is 0.0229. The summed E-state index contributed by atoms with van der Waals surface area (Å²) in [6.45, 7) is 1.37. The number of alkyl halides is 2. The molecule has 0 unspecified atom stereocenters. The van der Waals surface area contributed by atoms with Gasteiger partial charge in [-0.05, 0) is 18.6 Å². The van der Waals surface area contributed by atoms with Crippen molar-refractivity contribution in [3.05, 3.63) is 28.6 Å². The number of nitrogens with zero attached hydrogens (tertiary/aromatic N) is 1. The lowest BCUT2D eigenvalue weighted by Crippen LogP contribution is -2.07. The zero-order chi connectivity index (χ0) is 10.7. The van der Waals surface area contributed by atoms with Crippen molar-refractivity contribution in [2.24, 2.45) is 5.73 Å². The average molecular weight is 202 g/mol. The van der Waals surface area contributed by atoms with E-state index in [1.165, 1.54) is 6.07 Å². The van der Waals surface area contributed by atoms with Crippen LogP contribution in [0.3, 0.4) is 0 Å². The van der Waals surface area contributed by atoms with Crippen molar-refractivity contribution >= 4 is 0 Å². The van der Waals surface area contributed by atoms with E-state index in [9.17, 15) is 8.78 Å². The molecule has 1 rings (SSSR count). The summed E-state index contributed by atoms with van der Waals surface area (Å²) in [5.74, 6) is 0. The van der Waals surface area contributed by atoms with E-state index in [0.29, 0.717) is 11.3 Å². The fourth-order valence-corrected chi connectivity index (χ4v) is 1.24. The summed E-state index contributed by atoms with van der Waals surface area (Å²) < 4.78 is 24.9. The molecule has 3 N–H and O–H groups in total. The molecule has 0 radical (unpaired) electrons. The third-order valence-corrected chi connectivity index (χ3v) is 2.04. The van der Waals surface area contributed by atoms with Gasteiger partial charge in [0.1, 0.15) is 0 Å². The van der Waals surface area contributed by atoms with Crippen molar-refractivity contribution in [1.82, 2.24) is 4.98 Å². The smallest absolute Gasteiger partial charge is 0.265 e. The molecule has 0 bridgehead atoms. The number of aryl methyl sites for hydroxylation is 1. The van der Waals surface area contributed by atoms with Gasteiger partial charge in [-0.3, -0.25) is 4.98 Å². The first kappa shape index (κ1) is 11.0. The summed E-state index contributed by atoms with van der Waals surface area (Å²) in [4.78, 5) is 3.87. The summed E-state index contributed by atoms with van der Waals surface area (Å²) >= 11 is 0. The van der Waals surface area contributed by atoms with E-state index in [-0.39, 0.29) is 17.8 Å². The van der Waals surface area contributed by atoms with E-state index in [4.69, 9.17) is 10.8 Å². The highest BCUT2D eigenvalue weighted by Gasteiger charge is 2.15. The van der Waals surface area contributed by atoms with Crippen LogP contribution < -0.4 is 5.73 Å². The molecule has 0 aromatic carbocycles. The number of nitrogens with two attached hydrogens (primary N) is 1. The van der Waals surface area contributed by atoms with Gasteiger partial charge < -0.3 is 10.8 Å². The molecular weight excluding hydrogens is 190 g/mol. The Bertz CT molecular complexity index is 329. The van der Waals surface area contributed by atoms with Crippen LogP contribution in [0.4, 0.5) is 8.78 Å². The lowest BCUT2D eigenvalue weighted by molar-refractivity contribution is 0.146. The van der Waals surface area contributed by atoms with Crippen LogP contribution in [0.15, 0.2) is 6.07 Å². The van der Waals surface area contributed by atoms with Crippen molar-refractivity contribution in [3.63, 3.8) is 0 Å². The van der Waals surface area contributed by atoms with Gasteiger partial charge in [0, 0.05) is 17.8 Å². The van der Waals surface area contributed by atoms with Gasteiger partial charge in [-0.1, -0.05) is 0 Å². The van der Waals surface area contributed by atoms with Gasteiger partial charge in [-0.15, -0.1) is 0 Å². The minimum atomic E-state index is -2.63. The number of hydrogen-bond donors (Lipinski definition) is 2. The number of halogens is 2. The van der Waals surface area contributed by atoms with Crippen LogP contribution in [0.5, 0.6) is 0 Å². The molecule has 78 valence electrons. The standard InChI is InChI=1S/C9H12F2N2O/c1-5-6(3-12)2-7(9(10)11)8(4-14)13-5/h2,9,14H,3-4,12H2,1H3. The monoisotopic (exact) mass is 202 g/mol. The van der Waals surface area contributed by atoms with E-state index < -0.39 is 13.0 Å². The van der Waals surface area contributed by atoms with Crippen molar-refractivity contribution in [2.75, 3.05) is 0 Å². The first-order chi connectivity index (χ1) is 6.60. The van der Waals surface area contributed by atoms with Gasteiger partial charge >= 0.3 is 0 Å². The molecule has 1 aromatic heterocycles. The van der Waals surface area contributed by atoms with E-state index in [1.807, 2.05) is 0 Å². The maximum atomic E-state index is 12.5. The number of aliphatic hydroxyl groups is 1. The second-order valence-corrected chi connectivity index (χ2v) is 2.93. The van der Waals surface area contributed by atoms with E-state index >= 15 is 0 Å². The van der Waals surface area contributed by atoms with E-state index in [0.717, 1.165) is 0 Å². The number of aromatic nitrogens is 1. The number of aliphatic hydroxyl groups excluding tert-OH is 1. The molecular formula is C9H12F2N2O. The first-order valence-electron chi connectivity index (χ1n) is 4.18. The number of hydrogen-bond acceptors (Lipinski definition) is 3. The third kappa shape index (κ3) is 2.05. The Morgan fingerprint density at radius 3 is 2.64 bits per heavy atom. The van der Waals surface area contributed by atoms with Crippen molar-refractivity contribution < 1.29 is 13.9 Å². The Morgan fingerprint density at radius 1 is 1.57 bits per heavy atom.